The van der Waals surface area contributed by atoms with Crippen molar-refractivity contribution in [3.05, 3.63) is 35.7 Å². The Hall–Kier alpha value is -2.38. The highest BCUT2D eigenvalue weighted by Crippen LogP contribution is 2.45. The molecular weight excluding hydrogens is 311 g/mol. The SMILES string of the molecule is CC1(C(=O)NCc2ccc(-c3noc(C(F)(F)F)n3)cc2)CC1. The maximum Gasteiger partial charge on any atom is 0.471 e. The Balaban J connectivity index is 1.65. The minimum atomic E-state index is -4.66. The van der Waals surface area contributed by atoms with E-state index in [1.165, 1.54) is 0 Å². The van der Waals surface area contributed by atoms with Gasteiger partial charge in [-0.2, -0.15) is 18.2 Å². The van der Waals surface area contributed by atoms with E-state index in [1.807, 2.05) is 6.92 Å². The second kappa shape index (κ2) is 5.36. The Morgan fingerprint density at radius 2 is 1.96 bits per heavy atom. The largest absolute Gasteiger partial charge is 0.471 e. The number of amides is 1. The van der Waals surface area contributed by atoms with Gasteiger partial charge >= 0.3 is 12.1 Å². The van der Waals surface area contributed by atoms with Crippen LogP contribution in [0.3, 0.4) is 0 Å². The summed E-state index contributed by atoms with van der Waals surface area (Å²) >= 11 is 0. The first-order valence-electron chi connectivity index (χ1n) is 7.06. The summed E-state index contributed by atoms with van der Waals surface area (Å²) in [4.78, 5) is 15.2. The van der Waals surface area contributed by atoms with Gasteiger partial charge in [0.2, 0.25) is 11.7 Å². The van der Waals surface area contributed by atoms with E-state index in [9.17, 15) is 18.0 Å². The van der Waals surface area contributed by atoms with Crippen molar-refractivity contribution in [3.8, 4) is 11.4 Å². The molecule has 1 amide bonds. The average molecular weight is 325 g/mol. The van der Waals surface area contributed by atoms with E-state index < -0.39 is 12.1 Å². The maximum atomic E-state index is 12.4. The third-order valence-electron chi connectivity index (χ3n) is 3.88. The van der Waals surface area contributed by atoms with Gasteiger partial charge in [-0.25, -0.2) is 0 Å². The molecule has 0 aliphatic heterocycles. The molecule has 1 heterocycles. The first kappa shape index (κ1) is 15.5. The fraction of sp³-hybridized carbons (Fsp3) is 0.400. The number of hydrogen-bond acceptors (Lipinski definition) is 4. The molecule has 0 unspecified atom stereocenters. The molecule has 0 spiro atoms. The molecule has 0 saturated heterocycles. The topological polar surface area (TPSA) is 68.0 Å². The summed E-state index contributed by atoms with van der Waals surface area (Å²) in [5.41, 5.74) is 1.01. The number of hydrogen-bond donors (Lipinski definition) is 1. The van der Waals surface area contributed by atoms with Crippen molar-refractivity contribution in [3.63, 3.8) is 0 Å². The second-order valence-corrected chi connectivity index (χ2v) is 5.86. The van der Waals surface area contributed by atoms with Gasteiger partial charge in [-0.3, -0.25) is 4.79 Å². The summed E-state index contributed by atoms with van der Waals surface area (Å²) in [6, 6.07) is 6.58. The van der Waals surface area contributed by atoms with Gasteiger partial charge in [0.25, 0.3) is 0 Å². The molecule has 1 aliphatic rings. The Bertz CT molecular complexity index is 718. The number of aromatic nitrogens is 2. The van der Waals surface area contributed by atoms with Crippen LogP contribution in [0.1, 0.15) is 31.2 Å². The van der Waals surface area contributed by atoms with Crippen LogP contribution in [-0.4, -0.2) is 16.0 Å². The van der Waals surface area contributed by atoms with Crippen LogP contribution in [0, 0.1) is 5.41 Å². The van der Waals surface area contributed by atoms with E-state index in [4.69, 9.17) is 0 Å². The van der Waals surface area contributed by atoms with Crippen molar-refractivity contribution < 1.29 is 22.5 Å². The van der Waals surface area contributed by atoms with E-state index in [0.29, 0.717) is 12.1 Å². The van der Waals surface area contributed by atoms with Crippen LogP contribution >= 0.6 is 0 Å². The predicted molar refractivity (Wildman–Crippen MR) is 73.9 cm³/mol. The highest BCUT2D eigenvalue weighted by atomic mass is 19.4. The van der Waals surface area contributed by atoms with Crippen LogP contribution in [0.2, 0.25) is 0 Å². The lowest BCUT2D eigenvalue weighted by Gasteiger charge is -2.09. The summed E-state index contributed by atoms with van der Waals surface area (Å²) in [5, 5.41) is 6.17. The molecule has 23 heavy (non-hydrogen) atoms. The normalized spacial score (nSPS) is 16.2. The molecule has 8 heteroatoms. The Morgan fingerprint density at radius 1 is 1.30 bits per heavy atom. The summed E-state index contributed by atoms with van der Waals surface area (Å²) in [7, 11) is 0. The van der Waals surface area contributed by atoms with Crippen LogP contribution < -0.4 is 5.32 Å². The van der Waals surface area contributed by atoms with E-state index in [1.54, 1.807) is 24.3 Å². The molecule has 122 valence electrons. The van der Waals surface area contributed by atoms with Crippen molar-refractivity contribution in [2.24, 2.45) is 5.41 Å². The lowest BCUT2D eigenvalue weighted by Crippen LogP contribution is -2.29. The number of benzene rings is 1. The molecule has 1 fully saturated rings. The highest BCUT2D eigenvalue weighted by Gasteiger charge is 2.44. The number of carbonyl (C=O) groups is 1. The highest BCUT2D eigenvalue weighted by molar-refractivity contribution is 5.84. The third kappa shape index (κ3) is 3.35. The van der Waals surface area contributed by atoms with Crippen molar-refractivity contribution in [2.45, 2.75) is 32.5 Å². The van der Waals surface area contributed by atoms with E-state index in [2.05, 4.69) is 20.0 Å². The molecule has 1 aromatic carbocycles. The zero-order chi connectivity index (χ0) is 16.7. The zero-order valence-corrected chi connectivity index (χ0v) is 12.3. The van der Waals surface area contributed by atoms with E-state index in [0.717, 1.165) is 18.4 Å². The van der Waals surface area contributed by atoms with Gasteiger partial charge in [0.05, 0.1) is 0 Å². The lowest BCUT2D eigenvalue weighted by molar-refractivity contribution is -0.159. The quantitative estimate of drug-likeness (QED) is 0.937. The van der Waals surface area contributed by atoms with E-state index >= 15 is 0 Å². The van der Waals surface area contributed by atoms with Gasteiger partial charge in [-0.1, -0.05) is 36.3 Å². The van der Waals surface area contributed by atoms with Gasteiger partial charge in [0.1, 0.15) is 0 Å². The Morgan fingerprint density at radius 3 is 2.48 bits per heavy atom. The minimum Gasteiger partial charge on any atom is -0.352 e. The summed E-state index contributed by atoms with van der Waals surface area (Å²) in [6.07, 6.45) is -2.86. The number of nitrogens with zero attached hydrogens (tertiary/aromatic N) is 2. The van der Waals surface area contributed by atoms with Gasteiger partial charge < -0.3 is 9.84 Å². The molecule has 0 bridgehead atoms. The Labute approximate surface area is 129 Å². The number of halogens is 3. The van der Waals surface area contributed by atoms with E-state index in [-0.39, 0.29) is 17.1 Å². The lowest BCUT2D eigenvalue weighted by atomic mass is 10.1. The number of carbonyl (C=O) groups excluding carboxylic acids is 1. The monoisotopic (exact) mass is 325 g/mol. The standard InChI is InChI=1S/C15H14F3N3O2/c1-14(6-7-14)12(22)19-8-9-2-4-10(5-3-9)11-20-13(23-21-11)15(16,17)18/h2-5H,6-8H2,1H3,(H,19,22). The predicted octanol–water partition coefficient (Wildman–Crippen LogP) is 3.17. The molecule has 0 atom stereocenters. The molecule has 1 aliphatic carbocycles. The zero-order valence-electron chi connectivity index (χ0n) is 12.3. The van der Waals surface area contributed by atoms with Gasteiger partial charge in [0, 0.05) is 17.5 Å². The van der Waals surface area contributed by atoms with Crippen molar-refractivity contribution in [1.29, 1.82) is 0 Å². The third-order valence-corrected chi connectivity index (χ3v) is 3.88. The van der Waals surface area contributed by atoms with Crippen LogP contribution in [0.15, 0.2) is 28.8 Å². The van der Waals surface area contributed by atoms with Crippen LogP contribution in [0.25, 0.3) is 11.4 Å². The number of nitrogens with one attached hydrogen (secondary N) is 1. The Kier molecular flexibility index (Phi) is 3.62. The summed E-state index contributed by atoms with van der Waals surface area (Å²) in [5.74, 6) is -1.48. The smallest absolute Gasteiger partial charge is 0.352 e. The van der Waals surface area contributed by atoms with Gasteiger partial charge in [-0.15, -0.1) is 0 Å². The fourth-order valence-electron chi connectivity index (χ4n) is 2.04. The van der Waals surface area contributed by atoms with Crippen molar-refractivity contribution >= 4 is 5.91 Å². The molecule has 5 nitrogen and oxygen atoms in total. The second-order valence-electron chi connectivity index (χ2n) is 5.86. The molecule has 1 N–H and O–H groups in total. The molecule has 3 rings (SSSR count). The van der Waals surface area contributed by atoms with Crippen molar-refractivity contribution in [2.75, 3.05) is 0 Å². The maximum absolute atomic E-state index is 12.4. The molecule has 2 aromatic rings. The first-order chi connectivity index (χ1) is 10.8. The fourth-order valence-corrected chi connectivity index (χ4v) is 2.04. The molecule has 0 radical (unpaired) electrons. The summed E-state index contributed by atoms with van der Waals surface area (Å²) in [6.45, 7) is 2.29. The minimum absolute atomic E-state index is 0.0227. The summed E-state index contributed by atoms with van der Waals surface area (Å²) < 4.78 is 41.5. The first-order valence-corrected chi connectivity index (χ1v) is 7.06. The number of rotatable bonds is 4. The van der Waals surface area contributed by atoms with Crippen LogP contribution in [0.5, 0.6) is 0 Å². The molecule has 1 aromatic heterocycles. The number of alkyl halides is 3. The van der Waals surface area contributed by atoms with Crippen molar-refractivity contribution in [1.82, 2.24) is 15.5 Å². The van der Waals surface area contributed by atoms with Crippen LogP contribution in [0.4, 0.5) is 13.2 Å². The van der Waals surface area contributed by atoms with Crippen LogP contribution in [-0.2, 0) is 17.5 Å². The molecular formula is C15H14F3N3O2. The average Bonchev–Trinajstić information content (AvgIpc) is 3.06. The molecule has 1 saturated carbocycles. The van der Waals surface area contributed by atoms with Gasteiger partial charge in [0.15, 0.2) is 0 Å². The van der Waals surface area contributed by atoms with Gasteiger partial charge in [-0.05, 0) is 18.4 Å².